The Kier molecular flexibility index (Phi) is 2.94. The molecule has 1 rings (SSSR count). The Balaban J connectivity index is 3.49. The van der Waals surface area contributed by atoms with Gasteiger partial charge < -0.3 is 16.2 Å². The molecule has 0 aliphatic rings. The standard InChI is InChI=1S/C10H12N2O3/c1-5-6(9(11)13)3-4-7(15-2)8(5)10(12)14/h3-4H,1-2H3,(H2,11,13)(H2,12,14). The molecule has 0 aliphatic carbocycles. The highest BCUT2D eigenvalue weighted by atomic mass is 16.5. The lowest BCUT2D eigenvalue weighted by atomic mass is 10.0. The molecule has 0 heterocycles. The van der Waals surface area contributed by atoms with Crippen molar-refractivity contribution in [2.24, 2.45) is 11.5 Å². The average Bonchev–Trinajstić information content (AvgIpc) is 2.15. The van der Waals surface area contributed by atoms with Gasteiger partial charge in [-0.05, 0) is 24.6 Å². The molecule has 0 aromatic heterocycles. The number of benzene rings is 1. The summed E-state index contributed by atoms with van der Waals surface area (Å²) in [7, 11) is 1.42. The molecule has 0 saturated heterocycles. The Hall–Kier alpha value is -2.04. The molecular formula is C10H12N2O3. The number of hydrogen-bond donors (Lipinski definition) is 2. The Bertz CT molecular complexity index is 427. The molecule has 80 valence electrons. The average molecular weight is 208 g/mol. The van der Waals surface area contributed by atoms with Gasteiger partial charge in [0.25, 0.3) is 5.91 Å². The molecule has 0 aliphatic heterocycles. The lowest BCUT2D eigenvalue weighted by Gasteiger charge is -2.10. The van der Waals surface area contributed by atoms with Crippen molar-refractivity contribution >= 4 is 11.8 Å². The van der Waals surface area contributed by atoms with Gasteiger partial charge in [-0.3, -0.25) is 9.59 Å². The molecule has 1 aromatic rings. The van der Waals surface area contributed by atoms with Gasteiger partial charge in [0.05, 0.1) is 12.7 Å². The lowest BCUT2D eigenvalue weighted by Crippen LogP contribution is -2.19. The van der Waals surface area contributed by atoms with Crippen molar-refractivity contribution < 1.29 is 14.3 Å². The van der Waals surface area contributed by atoms with E-state index in [4.69, 9.17) is 16.2 Å². The third-order valence-electron chi connectivity index (χ3n) is 2.16. The summed E-state index contributed by atoms with van der Waals surface area (Å²) >= 11 is 0. The summed E-state index contributed by atoms with van der Waals surface area (Å²) in [6.07, 6.45) is 0. The van der Waals surface area contributed by atoms with E-state index in [1.807, 2.05) is 0 Å². The summed E-state index contributed by atoms with van der Waals surface area (Å²) in [5.74, 6) is -0.907. The zero-order chi connectivity index (χ0) is 11.6. The summed E-state index contributed by atoms with van der Waals surface area (Å²) in [5.41, 5.74) is 11.2. The highest BCUT2D eigenvalue weighted by Gasteiger charge is 2.17. The highest BCUT2D eigenvalue weighted by Crippen LogP contribution is 2.24. The summed E-state index contributed by atoms with van der Waals surface area (Å²) in [4.78, 5) is 22.2. The number of ether oxygens (including phenoxy) is 1. The van der Waals surface area contributed by atoms with Gasteiger partial charge >= 0.3 is 0 Å². The minimum absolute atomic E-state index is 0.189. The molecule has 2 amide bonds. The summed E-state index contributed by atoms with van der Waals surface area (Å²) in [6.45, 7) is 1.60. The molecule has 0 spiro atoms. The molecule has 4 N–H and O–H groups in total. The number of hydrogen-bond acceptors (Lipinski definition) is 3. The van der Waals surface area contributed by atoms with E-state index >= 15 is 0 Å². The fraction of sp³-hybridized carbons (Fsp3) is 0.200. The van der Waals surface area contributed by atoms with E-state index in [1.165, 1.54) is 19.2 Å². The molecule has 0 saturated carbocycles. The van der Waals surface area contributed by atoms with Crippen LogP contribution in [-0.4, -0.2) is 18.9 Å². The fourth-order valence-electron chi connectivity index (χ4n) is 1.43. The largest absolute Gasteiger partial charge is 0.496 e. The van der Waals surface area contributed by atoms with Gasteiger partial charge in [0.2, 0.25) is 5.91 Å². The SMILES string of the molecule is COc1ccc(C(N)=O)c(C)c1C(N)=O. The number of primary amides is 2. The second-order valence-electron chi connectivity index (χ2n) is 3.04. The van der Waals surface area contributed by atoms with E-state index in [-0.39, 0.29) is 11.1 Å². The Labute approximate surface area is 87.0 Å². The molecule has 0 unspecified atom stereocenters. The van der Waals surface area contributed by atoms with Crippen molar-refractivity contribution in [3.63, 3.8) is 0 Å². The van der Waals surface area contributed by atoms with Crippen LogP contribution in [-0.2, 0) is 0 Å². The van der Waals surface area contributed by atoms with E-state index in [2.05, 4.69) is 0 Å². The third kappa shape index (κ3) is 1.90. The first-order valence-corrected chi connectivity index (χ1v) is 4.26. The molecule has 1 aromatic carbocycles. The monoisotopic (exact) mass is 208 g/mol. The van der Waals surface area contributed by atoms with Crippen LogP contribution >= 0.6 is 0 Å². The summed E-state index contributed by atoms with van der Waals surface area (Å²) in [5, 5.41) is 0. The van der Waals surface area contributed by atoms with Gasteiger partial charge in [0.15, 0.2) is 0 Å². The zero-order valence-corrected chi connectivity index (χ0v) is 8.53. The Morgan fingerprint density at radius 2 is 1.80 bits per heavy atom. The van der Waals surface area contributed by atoms with Crippen LogP contribution in [0.5, 0.6) is 5.75 Å². The highest BCUT2D eigenvalue weighted by molar-refractivity contribution is 6.02. The van der Waals surface area contributed by atoms with Crippen LogP contribution in [0.2, 0.25) is 0 Å². The van der Waals surface area contributed by atoms with Gasteiger partial charge in [-0.1, -0.05) is 0 Å². The van der Waals surface area contributed by atoms with Crippen molar-refractivity contribution in [2.45, 2.75) is 6.92 Å². The fourth-order valence-corrected chi connectivity index (χ4v) is 1.43. The summed E-state index contributed by atoms with van der Waals surface area (Å²) < 4.78 is 4.97. The number of carbonyl (C=O) groups is 2. The Morgan fingerprint density at radius 3 is 2.20 bits per heavy atom. The van der Waals surface area contributed by atoms with E-state index in [1.54, 1.807) is 6.92 Å². The van der Waals surface area contributed by atoms with Crippen LogP contribution in [0.4, 0.5) is 0 Å². The molecule has 0 bridgehead atoms. The number of methoxy groups -OCH3 is 1. The maximum atomic E-state index is 11.2. The smallest absolute Gasteiger partial charge is 0.252 e. The second kappa shape index (κ2) is 4.00. The van der Waals surface area contributed by atoms with Crippen LogP contribution in [0.15, 0.2) is 12.1 Å². The van der Waals surface area contributed by atoms with Crippen molar-refractivity contribution in [3.8, 4) is 5.75 Å². The number of rotatable bonds is 3. The predicted molar refractivity (Wildman–Crippen MR) is 54.8 cm³/mol. The minimum atomic E-state index is -0.646. The summed E-state index contributed by atoms with van der Waals surface area (Å²) in [6, 6.07) is 3.00. The van der Waals surface area contributed by atoms with Gasteiger partial charge in [-0.2, -0.15) is 0 Å². The molecule has 5 heteroatoms. The maximum absolute atomic E-state index is 11.2. The van der Waals surface area contributed by atoms with Gasteiger partial charge in [-0.25, -0.2) is 0 Å². The predicted octanol–water partition coefficient (Wildman–Crippen LogP) is 0.201. The third-order valence-corrected chi connectivity index (χ3v) is 2.16. The van der Waals surface area contributed by atoms with Crippen LogP contribution in [0.1, 0.15) is 26.3 Å². The number of amides is 2. The molecule has 5 nitrogen and oxygen atoms in total. The molecule has 0 radical (unpaired) electrons. The second-order valence-corrected chi connectivity index (χ2v) is 3.04. The first-order chi connectivity index (χ1) is 6.99. The maximum Gasteiger partial charge on any atom is 0.252 e. The first kappa shape index (κ1) is 11.0. The van der Waals surface area contributed by atoms with Crippen molar-refractivity contribution in [1.29, 1.82) is 0 Å². The van der Waals surface area contributed by atoms with Crippen LogP contribution in [0, 0.1) is 6.92 Å². The minimum Gasteiger partial charge on any atom is -0.496 e. The van der Waals surface area contributed by atoms with Crippen molar-refractivity contribution in [1.82, 2.24) is 0 Å². The Morgan fingerprint density at radius 1 is 1.20 bits per heavy atom. The van der Waals surface area contributed by atoms with Crippen LogP contribution in [0.3, 0.4) is 0 Å². The quantitative estimate of drug-likeness (QED) is 0.742. The van der Waals surface area contributed by atoms with E-state index in [9.17, 15) is 9.59 Å². The van der Waals surface area contributed by atoms with Gasteiger partial charge in [0.1, 0.15) is 5.75 Å². The van der Waals surface area contributed by atoms with Crippen LogP contribution < -0.4 is 16.2 Å². The number of carbonyl (C=O) groups excluding carboxylic acids is 2. The van der Waals surface area contributed by atoms with Crippen molar-refractivity contribution in [2.75, 3.05) is 7.11 Å². The molecule has 15 heavy (non-hydrogen) atoms. The van der Waals surface area contributed by atoms with Crippen molar-refractivity contribution in [3.05, 3.63) is 28.8 Å². The normalized spacial score (nSPS) is 9.73. The first-order valence-electron chi connectivity index (χ1n) is 4.26. The number of nitrogens with two attached hydrogens (primary N) is 2. The van der Waals surface area contributed by atoms with E-state index in [0.717, 1.165) is 0 Å². The zero-order valence-electron chi connectivity index (χ0n) is 8.53. The van der Waals surface area contributed by atoms with E-state index < -0.39 is 11.8 Å². The topological polar surface area (TPSA) is 95.4 Å². The van der Waals surface area contributed by atoms with Gasteiger partial charge in [0, 0.05) is 5.56 Å². The molecular weight excluding hydrogens is 196 g/mol. The molecule has 0 atom stereocenters. The molecule has 0 fully saturated rings. The van der Waals surface area contributed by atoms with Crippen LogP contribution in [0.25, 0.3) is 0 Å². The van der Waals surface area contributed by atoms with E-state index in [0.29, 0.717) is 11.3 Å². The lowest BCUT2D eigenvalue weighted by molar-refractivity contribution is 0.0996. The van der Waals surface area contributed by atoms with Gasteiger partial charge in [-0.15, -0.1) is 0 Å².